The van der Waals surface area contributed by atoms with Gasteiger partial charge in [0.1, 0.15) is 18.2 Å². The van der Waals surface area contributed by atoms with Crippen LogP contribution in [0.25, 0.3) is 0 Å². The molecule has 0 heterocycles. The quantitative estimate of drug-likeness (QED) is 0.752. The number of esters is 1. The molecular formula is C15H28N2O5. The lowest BCUT2D eigenvalue weighted by Gasteiger charge is -2.26. The molecule has 0 saturated carbocycles. The Hall–Kier alpha value is -1.79. The van der Waals surface area contributed by atoms with Crippen LogP contribution in [0.1, 0.15) is 41.0 Å². The van der Waals surface area contributed by atoms with Crippen molar-refractivity contribution in [2.24, 2.45) is 5.92 Å². The minimum Gasteiger partial charge on any atom is -0.468 e. The van der Waals surface area contributed by atoms with Gasteiger partial charge in [-0.25, -0.2) is 4.79 Å². The number of ether oxygens (including phenoxy) is 2. The van der Waals surface area contributed by atoms with E-state index in [1.54, 1.807) is 20.8 Å². The third-order valence-corrected chi connectivity index (χ3v) is 2.67. The monoisotopic (exact) mass is 316 g/mol. The maximum atomic E-state index is 12.4. The lowest BCUT2D eigenvalue weighted by Crippen LogP contribution is -2.50. The van der Waals surface area contributed by atoms with Gasteiger partial charge < -0.3 is 19.7 Å². The van der Waals surface area contributed by atoms with Crippen LogP contribution in [0.15, 0.2) is 0 Å². The van der Waals surface area contributed by atoms with Crippen molar-refractivity contribution in [1.82, 2.24) is 10.2 Å². The van der Waals surface area contributed by atoms with Crippen LogP contribution >= 0.6 is 0 Å². The topological polar surface area (TPSA) is 84.9 Å². The molecule has 0 fully saturated rings. The predicted octanol–water partition coefficient (Wildman–Crippen LogP) is 1.56. The molecule has 1 unspecified atom stereocenters. The molecule has 7 nitrogen and oxygen atoms in total. The zero-order valence-electron chi connectivity index (χ0n) is 14.6. The number of hydrogen-bond donors (Lipinski definition) is 1. The molecule has 0 bridgehead atoms. The van der Waals surface area contributed by atoms with Crippen molar-refractivity contribution >= 4 is 18.0 Å². The number of carbonyl (C=O) groups excluding carboxylic acids is 3. The van der Waals surface area contributed by atoms with Crippen LogP contribution in [-0.2, 0) is 19.1 Å². The number of carbonyl (C=O) groups is 3. The maximum Gasteiger partial charge on any atom is 0.408 e. The number of methoxy groups -OCH3 is 1. The van der Waals surface area contributed by atoms with Crippen molar-refractivity contribution in [2.45, 2.75) is 52.7 Å². The highest BCUT2D eigenvalue weighted by atomic mass is 16.6. The average molecular weight is 316 g/mol. The summed E-state index contributed by atoms with van der Waals surface area (Å²) in [6, 6.07) is -0.746. The van der Waals surface area contributed by atoms with Crippen LogP contribution in [0.5, 0.6) is 0 Å². The lowest BCUT2D eigenvalue weighted by atomic mass is 10.0. The SMILES string of the molecule is COC(=O)CN(C)C(=O)C(CC(C)C)NC(=O)OC(C)(C)C. The molecule has 22 heavy (non-hydrogen) atoms. The van der Waals surface area contributed by atoms with E-state index < -0.39 is 23.7 Å². The summed E-state index contributed by atoms with van der Waals surface area (Å²) in [7, 11) is 2.74. The molecule has 0 aromatic carbocycles. The zero-order chi connectivity index (χ0) is 17.5. The molecule has 128 valence electrons. The van der Waals surface area contributed by atoms with Gasteiger partial charge in [-0.3, -0.25) is 9.59 Å². The Labute approximate surface area is 132 Å². The van der Waals surface area contributed by atoms with E-state index in [0.29, 0.717) is 6.42 Å². The largest absolute Gasteiger partial charge is 0.468 e. The van der Waals surface area contributed by atoms with Crippen molar-refractivity contribution in [1.29, 1.82) is 0 Å². The van der Waals surface area contributed by atoms with Crippen molar-refractivity contribution in [3.63, 3.8) is 0 Å². The molecule has 0 saturated heterocycles. The number of likely N-dealkylation sites (N-methyl/N-ethyl adjacent to an activating group) is 1. The summed E-state index contributed by atoms with van der Waals surface area (Å²) in [5.74, 6) is -0.684. The Morgan fingerprint density at radius 2 is 1.73 bits per heavy atom. The fourth-order valence-corrected chi connectivity index (χ4v) is 1.74. The zero-order valence-corrected chi connectivity index (χ0v) is 14.6. The summed E-state index contributed by atoms with van der Waals surface area (Å²) in [5, 5.41) is 2.57. The van der Waals surface area contributed by atoms with E-state index in [0.717, 1.165) is 0 Å². The number of nitrogens with one attached hydrogen (secondary N) is 1. The second-order valence-electron chi connectivity index (χ2n) is 6.60. The van der Waals surface area contributed by atoms with Gasteiger partial charge in [-0.15, -0.1) is 0 Å². The maximum absolute atomic E-state index is 12.4. The normalized spacial score (nSPS) is 12.5. The van der Waals surface area contributed by atoms with E-state index in [1.807, 2.05) is 13.8 Å². The lowest BCUT2D eigenvalue weighted by molar-refractivity contribution is -0.146. The van der Waals surface area contributed by atoms with Gasteiger partial charge in [0.25, 0.3) is 0 Å². The van der Waals surface area contributed by atoms with E-state index in [-0.39, 0.29) is 18.4 Å². The first-order valence-corrected chi connectivity index (χ1v) is 7.27. The van der Waals surface area contributed by atoms with E-state index in [1.165, 1.54) is 19.1 Å². The molecule has 1 atom stereocenters. The second kappa shape index (κ2) is 8.60. The smallest absolute Gasteiger partial charge is 0.408 e. The van der Waals surface area contributed by atoms with E-state index >= 15 is 0 Å². The first kappa shape index (κ1) is 20.2. The number of amides is 2. The van der Waals surface area contributed by atoms with Crippen LogP contribution in [0.4, 0.5) is 4.79 Å². The molecule has 2 amide bonds. The third-order valence-electron chi connectivity index (χ3n) is 2.67. The van der Waals surface area contributed by atoms with Crippen molar-refractivity contribution in [3.8, 4) is 0 Å². The molecule has 0 aliphatic heterocycles. The number of rotatable bonds is 6. The van der Waals surface area contributed by atoms with E-state index in [2.05, 4.69) is 10.1 Å². The first-order chi connectivity index (χ1) is 9.96. The van der Waals surface area contributed by atoms with Gasteiger partial charge in [0, 0.05) is 7.05 Å². The van der Waals surface area contributed by atoms with Crippen LogP contribution in [0.3, 0.4) is 0 Å². The Morgan fingerprint density at radius 3 is 2.14 bits per heavy atom. The van der Waals surface area contributed by atoms with Gasteiger partial charge >= 0.3 is 12.1 Å². The van der Waals surface area contributed by atoms with Crippen molar-refractivity contribution in [3.05, 3.63) is 0 Å². The summed E-state index contributed by atoms with van der Waals surface area (Å²) >= 11 is 0. The van der Waals surface area contributed by atoms with E-state index in [9.17, 15) is 14.4 Å². The summed E-state index contributed by atoms with van der Waals surface area (Å²) in [5.41, 5.74) is -0.645. The molecule has 0 rings (SSSR count). The van der Waals surface area contributed by atoms with Gasteiger partial charge in [-0.1, -0.05) is 13.8 Å². The number of hydrogen-bond acceptors (Lipinski definition) is 5. The fourth-order valence-electron chi connectivity index (χ4n) is 1.74. The summed E-state index contributed by atoms with van der Waals surface area (Å²) < 4.78 is 9.70. The summed E-state index contributed by atoms with van der Waals surface area (Å²) in [6.07, 6.45) is -0.207. The first-order valence-electron chi connectivity index (χ1n) is 7.27. The van der Waals surface area contributed by atoms with Gasteiger partial charge in [0.05, 0.1) is 7.11 Å². The number of nitrogens with zero attached hydrogens (tertiary/aromatic N) is 1. The van der Waals surface area contributed by atoms with Gasteiger partial charge in [-0.2, -0.15) is 0 Å². The Bertz CT molecular complexity index is 401. The average Bonchev–Trinajstić information content (AvgIpc) is 2.33. The summed E-state index contributed by atoms with van der Waals surface area (Å²) in [6.45, 7) is 8.95. The Kier molecular flexibility index (Phi) is 7.90. The molecule has 0 spiro atoms. The van der Waals surface area contributed by atoms with Gasteiger partial charge in [0.15, 0.2) is 0 Å². The minimum atomic E-state index is -0.746. The third kappa shape index (κ3) is 8.49. The molecule has 7 heteroatoms. The molecule has 0 radical (unpaired) electrons. The van der Waals surface area contributed by atoms with Crippen molar-refractivity contribution in [2.75, 3.05) is 20.7 Å². The summed E-state index contributed by atoms with van der Waals surface area (Å²) in [4.78, 5) is 36.7. The minimum absolute atomic E-state index is 0.167. The van der Waals surface area contributed by atoms with Crippen LogP contribution in [-0.4, -0.2) is 55.2 Å². The molecule has 0 aromatic rings. The predicted molar refractivity (Wildman–Crippen MR) is 82.3 cm³/mol. The fraction of sp³-hybridized carbons (Fsp3) is 0.800. The highest BCUT2D eigenvalue weighted by Crippen LogP contribution is 2.11. The van der Waals surface area contributed by atoms with E-state index in [4.69, 9.17) is 4.74 Å². The Morgan fingerprint density at radius 1 is 1.18 bits per heavy atom. The van der Waals surface area contributed by atoms with Crippen molar-refractivity contribution < 1.29 is 23.9 Å². The van der Waals surface area contributed by atoms with Crippen LogP contribution < -0.4 is 5.32 Å². The van der Waals surface area contributed by atoms with Crippen LogP contribution in [0.2, 0.25) is 0 Å². The number of alkyl carbamates (subject to hydrolysis) is 1. The molecule has 0 aliphatic rings. The molecule has 0 aliphatic carbocycles. The highest BCUT2D eigenvalue weighted by molar-refractivity contribution is 5.88. The second-order valence-corrected chi connectivity index (χ2v) is 6.60. The highest BCUT2D eigenvalue weighted by Gasteiger charge is 2.28. The molecule has 0 aromatic heterocycles. The standard InChI is InChI=1S/C15H28N2O5/c1-10(2)8-11(16-14(20)22-15(3,4)5)13(19)17(6)9-12(18)21-7/h10-11H,8-9H2,1-7H3,(H,16,20). The van der Waals surface area contributed by atoms with Gasteiger partial charge in [-0.05, 0) is 33.1 Å². The Balaban J connectivity index is 4.85. The molecule has 1 N–H and O–H groups in total. The van der Waals surface area contributed by atoms with Gasteiger partial charge in [0.2, 0.25) is 5.91 Å². The van der Waals surface area contributed by atoms with Crippen LogP contribution in [0, 0.1) is 5.92 Å². The molecular weight excluding hydrogens is 288 g/mol.